The van der Waals surface area contributed by atoms with Crippen LogP contribution in [0.3, 0.4) is 0 Å². The Labute approximate surface area is 177 Å². The molecule has 2 atom stereocenters. The van der Waals surface area contributed by atoms with E-state index in [1.165, 1.54) is 24.3 Å². The van der Waals surface area contributed by atoms with Gasteiger partial charge in [-0.3, -0.25) is 0 Å². The Morgan fingerprint density at radius 2 is 2.03 bits per heavy atom. The lowest BCUT2D eigenvalue weighted by Gasteiger charge is -2.31. The second-order valence-corrected chi connectivity index (χ2v) is 8.07. The number of rotatable bonds is 3. The first kappa shape index (κ1) is 19.9. The number of nitrogens with zero attached hydrogens (tertiary/aromatic N) is 3. The summed E-state index contributed by atoms with van der Waals surface area (Å²) in [6.45, 7) is 3.33. The van der Waals surface area contributed by atoms with E-state index in [2.05, 4.69) is 4.98 Å². The molecule has 0 aliphatic carbocycles. The van der Waals surface area contributed by atoms with Crippen molar-refractivity contribution >= 4 is 29.4 Å². The highest BCUT2D eigenvalue weighted by Crippen LogP contribution is 2.39. The van der Waals surface area contributed by atoms with Crippen LogP contribution in [0.1, 0.15) is 18.9 Å². The standard InChI is InChI=1S/C22H21F2N3O4/c1-13-11-30-22(31-13)6-7-26(12-22)20-18(24)9-14-8-15(21(28)29)10-27(19(14)25-20)17-4-2-16(23)3-5-17/h2-5,8-9,13H,6-7,10-12H2,1H3,(H,28,29). The van der Waals surface area contributed by atoms with E-state index in [9.17, 15) is 14.3 Å². The number of anilines is 3. The lowest BCUT2D eigenvalue weighted by molar-refractivity contribution is -0.148. The molecule has 31 heavy (non-hydrogen) atoms. The number of hydrogen-bond donors (Lipinski definition) is 1. The SMILES string of the molecule is CC1COC2(CCN(c3nc4c(cc3F)C=C(C(=O)O)CN4c3ccc(F)cc3)C2)O1. The number of ether oxygens (including phenoxy) is 2. The summed E-state index contributed by atoms with van der Waals surface area (Å²) in [7, 11) is 0. The Kier molecular flexibility index (Phi) is 4.67. The molecular formula is C22H21F2N3O4. The van der Waals surface area contributed by atoms with Gasteiger partial charge in [0.25, 0.3) is 0 Å². The molecule has 0 amide bonds. The van der Waals surface area contributed by atoms with Gasteiger partial charge in [-0.2, -0.15) is 0 Å². The second kappa shape index (κ2) is 7.28. The molecule has 1 spiro atoms. The van der Waals surface area contributed by atoms with Crippen LogP contribution in [0.4, 0.5) is 26.1 Å². The van der Waals surface area contributed by atoms with Gasteiger partial charge < -0.3 is 24.4 Å². The molecule has 0 saturated carbocycles. The molecule has 3 aliphatic rings. The number of fused-ring (bicyclic) bond motifs is 1. The van der Waals surface area contributed by atoms with Crippen LogP contribution >= 0.6 is 0 Å². The van der Waals surface area contributed by atoms with Crippen molar-refractivity contribution in [3.05, 3.63) is 53.1 Å². The van der Waals surface area contributed by atoms with Crippen molar-refractivity contribution in [1.82, 2.24) is 4.98 Å². The third-order valence-electron chi connectivity index (χ3n) is 5.78. The van der Waals surface area contributed by atoms with Crippen LogP contribution in [0.2, 0.25) is 0 Å². The summed E-state index contributed by atoms with van der Waals surface area (Å²) in [6, 6.07) is 6.96. The van der Waals surface area contributed by atoms with E-state index in [4.69, 9.17) is 9.47 Å². The van der Waals surface area contributed by atoms with Gasteiger partial charge in [-0.1, -0.05) is 0 Å². The van der Waals surface area contributed by atoms with Gasteiger partial charge >= 0.3 is 5.97 Å². The number of pyridine rings is 1. The molecule has 1 aromatic carbocycles. The van der Waals surface area contributed by atoms with Crippen molar-refractivity contribution in [2.24, 2.45) is 0 Å². The average Bonchev–Trinajstić information content (AvgIpc) is 3.32. The molecule has 2 fully saturated rings. The lowest BCUT2D eigenvalue weighted by atomic mass is 10.0. The number of halogens is 2. The van der Waals surface area contributed by atoms with E-state index in [-0.39, 0.29) is 24.0 Å². The molecule has 1 aromatic heterocycles. The Morgan fingerprint density at radius 3 is 2.71 bits per heavy atom. The first-order chi connectivity index (χ1) is 14.8. The maximum atomic E-state index is 15.1. The Morgan fingerprint density at radius 1 is 1.26 bits per heavy atom. The zero-order valence-electron chi connectivity index (χ0n) is 16.8. The molecule has 2 saturated heterocycles. The molecule has 0 radical (unpaired) electrons. The largest absolute Gasteiger partial charge is 0.478 e. The fourth-order valence-corrected chi connectivity index (χ4v) is 4.32. The summed E-state index contributed by atoms with van der Waals surface area (Å²) in [5.74, 6) is -2.25. The van der Waals surface area contributed by atoms with Crippen LogP contribution in [0.5, 0.6) is 0 Å². The van der Waals surface area contributed by atoms with Gasteiger partial charge in [0.2, 0.25) is 0 Å². The van der Waals surface area contributed by atoms with E-state index >= 15 is 4.39 Å². The lowest BCUT2D eigenvalue weighted by Crippen LogP contribution is -2.35. The van der Waals surface area contributed by atoms with E-state index in [0.29, 0.717) is 43.2 Å². The summed E-state index contributed by atoms with van der Waals surface area (Å²) in [5, 5.41) is 9.50. The van der Waals surface area contributed by atoms with E-state index in [1.807, 2.05) is 6.92 Å². The summed E-state index contributed by atoms with van der Waals surface area (Å²) >= 11 is 0. The van der Waals surface area contributed by atoms with Crippen molar-refractivity contribution in [2.75, 3.05) is 36.0 Å². The quantitative estimate of drug-likeness (QED) is 0.802. The van der Waals surface area contributed by atoms with E-state index in [1.54, 1.807) is 21.9 Å². The van der Waals surface area contributed by atoms with Crippen LogP contribution in [-0.4, -0.2) is 54.2 Å². The molecule has 9 heteroatoms. The van der Waals surface area contributed by atoms with Crippen LogP contribution in [0.25, 0.3) is 6.08 Å². The van der Waals surface area contributed by atoms with Crippen molar-refractivity contribution in [1.29, 1.82) is 0 Å². The highest BCUT2D eigenvalue weighted by atomic mass is 19.1. The van der Waals surface area contributed by atoms with Crippen LogP contribution in [0.15, 0.2) is 35.9 Å². The molecule has 0 bridgehead atoms. The number of aromatic nitrogens is 1. The predicted octanol–water partition coefficient (Wildman–Crippen LogP) is 3.32. The van der Waals surface area contributed by atoms with Gasteiger partial charge in [-0.15, -0.1) is 0 Å². The summed E-state index contributed by atoms with van der Waals surface area (Å²) < 4.78 is 40.2. The normalized spacial score (nSPS) is 25.1. The minimum atomic E-state index is -1.10. The molecule has 5 rings (SSSR count). The van der Waals surface area contributed by atoms with Crippen molar-refractivity contribution in [2.45, 2.75) is 25.2 Å². The van der Waals surface area contributed by atoms with Crippen molar-refractivity contribution < 1.29 is 28.2 Å². The Bertz CT molecular complexity index is 1080. The van der Waals surface area contributed by atoms with Gasteiger partial charge in [0, 0.05) is 24.2 Å². The highest BCUT2D eigenvalue weighted by molar-refractivity contribution is 5.97. The van der Waals surface area contributed by atoms with Crippen molar-refractivity contribution in [3.8, 4) is 0 Å². The molecule has 2 aromatic rings. The van der Waals surface area contributed by atoms with Gasteiger partial charge in [0.15, 0.2) is 17.4 Å². The number of hydrogen-bond acceptors (Lipinski definition) is 6. The molecule has 4 heterocycles. The number of carboxylic acid groups (broad SMARTS) is 1. The number of carboxylic acids is 1. The molecule has 7 nitrogen and oxygen atoms in total. The highest BCUT2D eigenvalue weighted by Gasteiger charge is 2.46. The maximum absolute atomic E-state index is 15.1. The molecule has 3 aliphatic heterocycles. The summed E-state index contributed by atoms with van der Waals surface area (Å²) in [5.41, 5.74) is 1.01. The van der Waals surface area contributed by atoms with Gasteiger partial charge in [0.05, 0.1) is 31.4 Å². The second-order valence-electron chi connectivity index (χ2n) is 8.07. The molecule has 1 N–H and O–H groups in total. The van der Waals surface area contributed by atoms with Gasteiger partial charge in [-0.05, 0) is 43.3 Å². The Balaban J connectivity index is 1.54. The zero-order chi connectivity index (χ0) is 21.8. The first-order valence-electron chi connectivity index (χ1n) is 10.1. The monoisotopic (exact) mass is 429 g/mol. The van der Waals surface area contributed by atoms with Crippen LogP contribution in [-0.2, 0) is 14.3 Å². The third-order valence-corrected chi connectivity index (χ3v) is 5.78. The summed E-state index contributed by atoms with van der Waals surface area (Å²) in [6.07, 6.45) is 2.00. The maximum Gasteiger partial charge on any atom is 0.333 e. The van der Waals surface area contributed by atoms with Crippen molar-refractivity contribution in [3.63, 3.8) is 0 Å². The first-order valence-corrected chi connectivity index (χ1v) is 10.1. The molecule has 2 unspecified atom stereocenters. The Hall–Kier alpha value is -3.04. The zero-order valence-corrected chi connectivity index (χ0v) is 16.8. The number of aliphatic carboxylic acids is 1. The van der Waals surface area contributed by atoms with Crippen LogP contribution < -0.4 is 9.80 Å². The van der Waals surface area contributed by atoms with Crippen LogP contribution in [0, 0.1) is 11.6 Å². The van der Waals surface area contributed by atoms with E-state index in [0.717, 1.165) is 0 Å². The minimum Gasteiger partial charge on any atom is -0.478 e. The smallest absolute Gasteiger partial charge is 0.333 e. The molecule has 162 valence electrons. The minimum absolute atomic E-state index is 0.0187. The molecular weight excluding hydrogens is 408 g/mol. The fourth-order valence-electron chi connectivity index (χ4n) is 4.32. The number of benzene rings is 1. The van der Waals surface area contributed by atoms with Gasteiger partial charge in [-0.25, -0.2) is 18.6 Å². The predicted molar refractivity (Wildman–Crippen MR) is 109 cm³/mol. The summed E-state index contributed by atoms with van der Waals surface area (Å²) in [4.78, 5) is 19.6. The topological polar surface area (TPSA) is 75.1 Å². The fraction of sp³-hybridized carbons (Fsp3) is 0.364. The van der Waals surface area contributed by atoms with Gasteiger partial charge in [0.1, 0.15) is 11.6 Å². The third kappa shape index (κ3) is 3.53. The van der Waals surface area contributed by atoms with E-state index < -0.39 is 23.4 Å². The number of carbonyl (C=O) groups is 1. The average molecular weight is 429 g/mol.